The second-order valence-electron chi connectivity index (χ2n) is 9.09. The Balaban J connectivity index is 1.79. The van der Waals surface area contributed by atoms with Crippen LogP contribution in [0.5, 0.6) is 0 Å². The summed E-state index contributed by atoms with van der Waals surface area (Å²) < 4.78 is 30.2. The van der Waals surface area contributed by atoms with Gasteiger partial charge in [-0.2, -0.15) is 0 Å². The zero-order valence-electron chi connectivity index (χ0n) is 21.3. The first-order valence-electron chi connectivity index (χ1n) is 12.6. The van der Waals surface area contributed by atoms with Crippen LogP contribution in [-0.4, -0.2) is 27.0 Å². The Labute approximate surface area is 228 Å². The van der Waals surface area contributed by atoms with Crippen molar-refractivity contribution in [2.75, 3.05) is 11.9 Å². The van der Waals surface area contributed by atoms with E-state index in [9.17, 15) is 18.4 Å². The molecule has 1 N–H and O–H groups in total. The van der Waals surface area contributed by atoms with Gasteiger partial charge in [-0.25, -0.2) is 18.6 Å². The number of carbonyl (C=O) groups is 1. The maximum absolute atomic E-state index is 14.4. The standard InChI is InChI=1S/C29H29BrF2N4O2/c1-3-4-5-8-17-35(29(38)34-26-16-13-21(31)18-24(26)32)19(2)27-33-25-10-7-6-9-23(25)28(37)36(27)22-14-11-20(30)12-15-22/h6-7,9-16,18-19H,3-5,8,17H2,1-2H3,(H,34,38). The lowest BCUT2D eigenvalue weighted by Crippen LogP contribution is -2.40. The van der Waals surface area contributed by atoms with Crippen LogP contribution in [0.25, 0.3) is 16.6 Å². The average molecular weight is 583 g/mol. The fourth-order valence-electron chi connectivity index (χ4n) is 4.37. The monoisotopic (exact) mass is 582 g/mol. The minimum absolute atomic E-state index is 0.126. The van der Waals surface area contributed by atoms with Gasteiger partial charge < -0.3 is 10.2 Å². The third-order valence-corrected chi connectivity index (χ3v) is 6.94. The summed E-state index contributed by atoms with van der Waals surface area (Å²) in [7, 11) is 0. The van der Waals surface area contributed by atoms with Crippen LogP contribution in [-0.2, 0) is 0 Å². The van der Waals surface area contributed by atoms with Crippen LogP contribution in [0.4, 0.5) is 19.3 Å². The van der Waals surface area contributed by atoms with E-state index in [2.05, 4.69) is 28.2 Å². The van der Waals surface area contributed by atoms with E-state index in [0.717, 1.165) is 35.9 Å². The van der Waals surface area contributed by atoms with Crippen LogP contribution in [0.1, 0.15) is 51.4 Å². The van der Waals surface area contributed by atoms with Crippen LogP contribution >= 0.6 is 15.9 Å². The number of urea groups is 1. The summed E-state index contributed by atoms with van der Waals surface area (Å²) in [6.45, 7) is 4.26. The Morgan fingerprint density at radius 3 is 2.50 bits per heavy atom. The van der Waals surface area contributed by atoms with Gasteiger partial charge in [-0.15, -0.1) is 0 Å². The van der Waals surface area contributed by atoms with Gasteiger partial charge in [0.05, 0.1) is 28.3 Å². The summed E-state index contributed by atoms with van der Waals surface area (Å²) in [4.78, 5) is 33.6. The molecule has 4 rings (SSSR count). The molecule has 1 atom stereocenters. The zero-order valence-corrected chi connectivity index (χ0v) is 22.8. The maximum Gasteiger partial charge on any atom is 0.322 e. The predicted octanol–water partition coefficient (Wildman–Crippen LogP) is 7.60. The minimum atomic E-state index is -0.868. The predicted molar refractivity (Wildman–Crippen MR) is 150 cm³/mol. The van der Waals surface area contributed by atoms with Gasteiger partial charge in [-0.1, -0.05) is 54.2 Å². The topological polar surface area (TPSA) is 67.2 Å². The fourth-order valence-corrected chi connectivity index (χ4v) is 4.63. The summed E-state index contributed by atoms with van der Waals surface area (Å²) in [6.07, 6.45) is 3.66. The van der Waals surface area contributed by atoms with Gasteiger partial charge in [-0.05, 0) is 61.9 Å². The molecule has 0 saturated carbocycles. The molecule has 0 aliphatic rings. The molecule has 198 valence electrons. The van der Waals surface area contributed by atoms with Crippen molar-refractivity contribution in [1.29, 1.82) is 0 Å². The number of amides is 2. The van der Waals surface area contributed by atoms with Crippen molar-refractivity contribution >= 4 is 38.6 Å². The Hall–Kier alpha value is -3.59. The molecule has 2 amide bonds. The molecule has 4 aromatic rings. The highest BCUT2D eigenvalue weighted by Gasteiger charge is 2.27. The quantitative estimate of drug-likeness (QED) is 0.206. The summed E-state index contributed by atoms with van der Waals surface area (Å²) in [5.74, 6) is -1.22. The van der Waals surface area contributed by atoms with E-state index < -0.39 is 23.7 Å². The second kappa shape index (κ2) is 12.3. The summed E-state index contributed by atoms with van der Waals surface area (Å²) in [5, 5.41) is 3.03. The highest BCUT2D eigenvalue weighted by molar-refractivity contribution is 9.10. The van der Waals surface area contributed by atoms with Crippen molar-refractivity contribution < 1.29 is 13.6 Å². The van der Waals surface area contributed by atoms with Crippen LogP contribution in [0.3, 0.4) is 0 Å². The van der Waals surface area contributed by atoms with Crippen molar-refractivity contribution in [1.82, 2.24) is 14.5 Å². The van der Waals surface area contributed by atoms with Crippen LogP contribution < -0.4 is 10.9 Å². The number of anilines is 1. The van der Waals surface area contributed by atoms with Crippen molar-refractivity contribution in [3.63, 3.8) is 0 Å². The minimum Gasteiger partial charge on any atom is -0.315 e. The van der Waals surface area contributed by atoms with E-state index in [1.165, 1.54) is 10.6 Å². The lowest BCUT2D eigenvalue weighted by Gasteiger charge is -2.31. The van der Waals surface area contributed by atoms with E-state index in [1.54, 1.807) is 48.2 Å². The number of para-hydroxylation sites is 1. The Morgan fingerprint density at radius 1 is 1.05 bits per heavy atom. The van der Waals surface area contributed by atoms with Gasteiger partial charge in [-0.3, -0.25) is 9.36 Å². The molecule has 9 heteroatoms. The number of aromatic nitrogens is 2. The second-order valence-corrected chi connectivity index (χ2v) is 10.0. The first kappa shape index (κ1) is 27.4. The molecular weight excluding hydrogens is 554 g/mol. The number of hydrogen-bond donors (Lipinski definition) is 1. The number of unbranched alkanes of at least 4 members (excludes halogenated alkanes) is 3. The van der Waals surface area contributed by atoms with Crippen molar-refractivity contribution in [3.05, 3.63) is 99.0 Å². The van der Waals surface area contributed by atoms with Gasteiger partial charge in [0.25, 0.3) is 5.56 Å². The Kier molecular flexibility index (Phi) is 8.89. The SMILES string of the molecule is CCCCCCN(C(=O)Nc1ccc(F)cc1F)C(C)c1nc2ccccc2c(=O)n1-c1ccc(Br)cc1. The summed E-state index contributed by atoms with van der Waals surface area (Å²) in [5.41, 5.74) is 0.743. The number of hydrogen-bond acceptors (Lipinski definition) is 3. The molecule has 0 radical (unpaired) electrons. The molecule has 1 unspecified atom stereocenters. The zero-order chi connectivity index (χ0) is 27.2. The first-order chi connectivity index (χ1) is 18.3. The molecule has 0 aliphatic heterocycles. The molecule has 38 heavy (non-hydrogen) atoms. The number of carbonyl (C=O) groups excluding carboxylic acids is 1. The van der Waals surface area contributed by atoms with Crippen molar-refractivity contribution in [2.45, 2.75) is 45.6 Å². The molecule has 3 aromatic carbocycles. The van der Waals surface area contributed by atoms with Crippen LogP contribution in [0.15, 0.2) is 76.0 Å². The molecule has 0 spiro atoms. The smallest absolute Gasteiger partial charge is 0.315 e. The molecule has 0 fully saturated rings. The molecule has 0 aliphatic carbocycles. The average Bonchev–Trinajstić information content (AvgIpc) is 2.90. The molecule has 0 saturated heterocycles. The maximum atomic E-state index is 14.4. The normalized spacial score (nSPS) is 11.9. The van der Waals surface area contributed by atoms with E-state index in [-0.39, 0.29) is 11.2 Å². The summed E-state index contributed by atoms with van der Waals surface area (Å²) in [6, 6.07) is 16.1. The largest absolute Gasteiger partial charge is 0.322 e. The summed E-state index contributed by atoms with van der Waals surface area (Å²) >= 11 is 3.43. The molecular formula is C29H29BrF2N4O2. The highest BCUT2D eigenvalue weighted by atomic mass is 79.9. The number of benzene rings is 3. The van der Waals surface area contributed by atoms with Gasteiger partial charge in [0.1, 0.15) is 17.5 Å². The van der Waals surface area contributed by atoms with Gasteiger partial charge in [0.2, 0.25) is 0 Å². The van der Waals surface area contributed by atoms with Crippen LogP contribution in [0, 0.1) is 11.6 Å². The fraction of sp³-hybridized carbons (Fsp3) is 0.276. The highest BCUT2D eigenvalue weighted by Crippen LogP contribution is 2.26. The Bertz CT molecular complexity index is 1490. The number of nitrogens with one attached hydrogen (secondary N) is 1. The third-order valence-electron chi connectivity index (χ3n) is 6.41. The Morgan fingerprint density at radius 2 is 1.79 bits per heavy atom. The van der Waals surface area contributed by atoms with E-state index >= 15 is 0 Å². The van der Waals surface area contributed by atoms with Crippen molar-refractivity contribution in [3.8, 4) is 5.69 Å². The number of halogens is 3. The van der Waals surface area contributed by atoms with Gasteiger partial charge in [0, 0.05) is 17.1 Å². The first-order valence-corrected chi connectivity index (χ1v) is 13.4. The lowest BCUT2D eigenvalue weighted by atomic mass is 10.1. The van der Waals surface area contributed by atoms with Crippen LogP contribution in [0.2, 0.25) is 0 Å². The lowest BCUT2D eigenvalue weighted by molar-refractivity contribution is 0.187. The molecule has 1 aromatic heterocycles. The third kappa shape index (κ3) is 6.10. The van der Waals surface area contributed by atoms with E-state index in [1.807, 2.05) is 12.1 Å². The molecule has 1 heterocycles. The number of rotatable bonds is 9. The molecule has 6 nitrogen and oxygen atoms in total. The van der Waals surface area contributed by atoms with E-state index in [4.69, 9.17) is 4.98 Å². The van der Waals surface area contributed by atoms with Gasteiger partial charge in [0.15, 0.2) is 0 Å². The van der Waals surface area contributed by atoms with E-state index in [0.29, 0.717) is 35.4 Å². The molecule has 0 bridgehead atoms. The van der Waals surface area contributed by atoms with Gasteiger partial charge >= 0.3 is 6.03 Å². The number of fused-ring (bicyclic) bond motifs is 1. The number of nitrogens with zero attached hydrogens (tertiary/aromatic N) is 3. The van der Waals surface area contributed by atoms with Crippen molar-refractivity contribution in [2.24, 2.45) is 0 Å².